The van der Waals surface area contributed by atoms with E-state index in [1.54, 1.807) is 35.6 Å². The highest BCUT2D eigenvalue weighted by molar-refractivity contribution is 8.00. The molecule has 2 aromatic heterocycles. The van der Waals surface area contributed by atoms with Gasteiger partial charge in [0.2, 0.25) is 5.91 Å². The van der Waals surface area contributed by atoms with Crippen molar-refractivity contribution in [3.8, 4) is 16.8 Å². The zero-order valence-electron chi connectivity index (χ0n) is 13.6. The highest BCUT2D eigenvalue weighted by Crippen LogP contribution is 2.28. The van der Waals surface area contributed by atoms with Crippen LogP contribution in [0.4, 0.5) is 5.69 Å². The Bertz CT molecular complexity index is 927. The van der Waals surface area contributed by atoms with Crippen LogP contribution >= 0.6 is 23.1 Å². The lowest BCUT2D eigenvalue weighted by Gasteiger charge is -2.11. The Hall–Kier alpha value is -2.63. The maximum absolute atomic E-state index is 12.4. The zero-order valence-corrected chi connectivity index (χ0v) is 15.3. The standard InChI is InChI=1S/C17H15N5OS2/c1-11(16(23)19-13-6-3-5-12(9-13)10-18)25-17-21-20-15(22(17)2)14-7-4-8-24-14/h3-9,11H,1-2H3,(H,19,23). The summed E-state index contributed by atoms with van der Waals surface area (Å²) in [7, 11) is 1.89. The quantitative estimate of drug-likeness (QED) is 0.696. The average molecular weight is 369 g/mol. The van der Waals surface area contributed by atoms with Crippen LogP contribution in [0.25, 0.3) is 10.7 Å². The van der Waals surface area contributed by atoms with Gasteiger partial charge in [-0.05, 0) is 36.6 Å². The van der Waals surface area contributed by atoms with Gasteiger partial charge in [0.05, 0.1) is 21.8 Å². The maximum Gasteiger partial charge on any atom is 0.237 e. The maximum atomic E-state index is 12.4. The summed E-state index contributed by atoms with van der Waals surface area (Å²) in [6, 6.07) is 12.8. The van der Waals surface area contributed by atoms with E-state index in [9.17, 15) is 4.79 Å². The number of nitrogens with zero attached hydrogens (tertiary/aromatic N) is 4. The molecular formula is C17H15N5OS2. The number of aromatic nitrogens is 3. The number of carbonyl (C=O) groups excluding carboxylic acids is 1. The van der Waals surface area contributed by atoms with Crippen LogP contribution in [-0.2, 0) is 11.8 Å². The van der Waals surface area contributed by atoms with Crippen molar-refractivity contribution in [3.63, 3.8) is 0 Å². The molecule has 1 N–H and O–H groups in total. The minimum absolute atomic E-state index is 0.152. The normalized spacial score (nSPS) is 11.7. The Labute approximate surface area is 153 Å². The molecule has 0 saturated carbocycles. The van der Waals surface area contributed by atoms with E-state index < -0.39 is 0 Å². The van der Waals surface area contributed by atoms with Crippen LogP contribution in [0, 0.1) is 11.3 Å². The van der Waals surface area contributed by atoms with Crippen molar-refractivity contribution in [2.45, 2.75) is 17.3 Å². The van der Waals surface area contributed by atoms with Gasteiger partial charge in [0.25, 0.3) is 0 Å². The predicted octanol–water partition coefficient (Wildman–Crippen LogP) is 3.53. The van der Waals surface area contributed by atoms with Gasteiger partial charge in [-0.15, -0.1) is 21.5 Å². The summed E-state index contributed by atoms with van der Waals surface area (Å²) in [6.07, 6.45) is 0. The van der Waals surface area contributed by atoms with Gasteiger partial charge in [0.15, 0.2) is 11.0 Å². The SMILES string of the molecule is CC(Sc1nnc(-c2cccs2)n1C)C(=O)Nc1cccc(C#N)c1. The van der Waals surface area contributed by atoms with Gasteiger partial charge in [0, 0.05) is 12.7 Å². The number of nitriles is 1. The molecule has 0 bridgehead atoms. The van der Waals surface area contributed by atoms with Gasteiger partial charge < -0.3 is 9.88 Å². The first-order valence-corrected chi connectivity index (χ1v) is 9.25. The first kappa shape index (κ1) is 17.2. The molecule has 6 nitrogen and oxygen atoms in total. The van der Waals surface area contributed by atoms with E-state index in [1.165, 1.54) is 11.8 Å². The fourth-order valence-corrected chi connectivity index (χ4v) is 3.72. The monoisotopic (exact) mass is 369 g/mol. The number of benzene rings is 1. The first-order valence-electron chi connectivity index (χ1n) is 7.49. The van der Waals surface area contributed by atoms with Crippen LogP contribution in [0.5, 0.6) is 0 Å². The third-order valence-corrected chi connectivity index (χ3v) is 5.49. The van der Waals surface area contributed by atoms with Crippen LogP contribution in [0.1, 0.15) is 12.5 Å². The molecular weight excluding hydrogens is 354 g/mol. The van der Waals surface area contributed by atoms with Gasteiger partial charge in [-0.25, -0.2) is 0 Å². The van der Waals surface area contributed by atoms with Gasteiger partial charge in [-0.3, -0.25) is 4.79 Å². The average Bonchev–Trinajstić information content (AvgIpc) is 3.25. The summed E-state index contributed by atoms with van der Waals surface area (Å²) in [5.41, 5.74) is 1.11. The molecule has 3 aromatic rings. The van der Waals surface area contributed by atoms with Crippen molar-refractivity contribution in [3.05, 3.63) is 47.3 Å². The van der Waals surface area contributed by atoms with Crippen molar-refractivity contribution < 1.29 is 4.79 Å². The topological polar surface area (TPSA) is 83.6 Å². The molecule has 25 heavy (non-hydrogen) atoms. The van der Waals surface area contributed by atoms with E-state index >= 15 is 0 Å². The number of hydrogen-bond donors (Lipinski definition) is 1. The smallest absolute Gasteiger partial charge is 0.237 e. The van der Waals surface area contributed by atoms with Crippen molar-refractivity contribution >= 4 is 34.7 Å². The molecule has 2 heterocycles. The third-order valence-electron chi connectivity index (χ3n) is 3.49. The lowest BCUT2D eigenvalue weighted by Crippen LogP contribution is -2.22. The van der Waals surface area contributed by atoms with Gasteiger partial charge >= 0.3 is 0 Å². The molecule has 0 aliphatic rings. The van der Waals surface area contributed by atoms with E-state index in [-0.39, 0.29) is 11.2 Å². The second kappa shape index (κ2) is 7.51. The summed E-state index contributed by atoms with van der Waals surface area (Å²) in [4.78, 5) is 13.4. The molecule has 0 aliphatic carbocycles. The van der Waals surface area contributed by atoms with E-state index in [2.05, 4.69) is 21.6 Å². The van der Waals surface area contributed by atoms with Gasteiger partial charge in [0.1, 0.15) is 0 Å². The number of anilines is 1. The summed E-state index contributed by atoms with van der Waals surface area (Å²) >= 11 is 2.94. The number of rotatable bonds is 5. The van der Waals surface area contributed by atoms with E-state index in [0.29, 0.717) is 16.4 Å². The molecule has 126 valence electrons. The van der Waals surface area contributed by atoms with Crippen molar-refractivity contribution in [2.24, 2.45) is 7.05 Å². The number of thiophene rings is 1. The van der Waals surface area contributed by atoms with Crippen LogP contribution in [0.3, 0.4) is 0 Å². The van der Waals surface area contributed by atoms with Crippen LogP contribution < -0.4 is 5.32 Å². The molecule has 8 heteroatoms. The lowest BCUT2D eigenvalue weighted by atomic mass is 10.2. The molecule has 1 aromatic carbocycles. The molecule has 1 amide bonds. The molecule has 1 unspecified atom stereocenters. The predicted molar refractivity (Wildman–Crippen MR) is 99.4 cm³/mol. The Morgan fingerprint density at radius 1 is 1.36 bits per heavy atom. The summed E-state index contributed by atoms with van der Waals surface area (Å²) < 4.78 is 1.89. The Kier molecular flexibility index (Phi) is 5.16. The van der Waals surface area contributed by atoms with Gasteiger partial charge in [-0.2, -0.15) is 5.26 Å². The number of thioether (sulfide) groups is 1. The molecule has 0 fully saturated rings. The van der Waals surface area contributed by atoms with E-state index in [1.807, 2.05) is 36.1 Å². The fourth-order valence-electron chi connectivity index (χ4n) is 2.16. The number of hydrogen-bond acceptors (Lipinski definition) is 6. The second-order valence-corrected chi connectivity index (χ2v) is 7.54. The van der Waals surface area contributed by atoms with Crippen molar-refractivity contribution in [1.29, 1.82) is 5.26 Å². The molecule has 0 aliphatic heterocycles. The molecule has 0 radical (unpaired) electrons. The molecule has 0 saturated heterocycles. The van der Waals surface area contributed by atoms with E-state index in [0.717, 1.165) is 10.7 Å². The number of carbonyl (C=O) groups is 1. The molecule has 1 atom stereocenters. The second-order valence-electron chi connectivity index (χ2n) is 5.28. The number of nitrogens with one attached hydrogen (secondary N) is 1. The minimum Gasteiger partial charge on any atom is -0.325 e. The molecule has 0 spiro atoms. The first-order chi connectivity index (χ1) is 12.1. The lowest BCUT2D eigenvalue weighted by molar-refractivity contribution is -0.115. The van der Waals surface area contributed by atoms with Crippen LogP contribution in [0.2, 0.25) is 0 Å². The van der Waals surface area contributed by atoms with E-state index in [4.69, 9.17) is 5.26 Å². The van der Waals surface area contributed by atoms with Crippen molar-refractivity contribution in [2.75, 3.05) is 5.32 Å². The summed E-state index contributed by atoms with van der Waals surface area (Å²) in [5.74, 6) is 0.632. The highest BCUT2D eigenvalue weighted by atomic mass is 32.2. The number of amides is 1. The highest BCUT2D eigenvalue weighted by Gasteiger charge is 2.19. The fraction of sp³-hybridized carbons (Fsp3) is 0.176. The van der Waals surface area contributed by atoms with Crippen molar-refractivity contribution in [1.82, 2.24) is 14.8 Å². The van der Waals surface area contributed by atoms with Crippen LogP contribution in [0.15, 0.2) is 46.9 Å². The third kappa shape index (κ3) is 3.90. The minimum atomic E-state index is -0.357. The van der Waals surface area contributed by atoms with Crippen LogP contribution in [-0.4, -0.2) is 25.9 Å². The zero-order chi connectivity index (χ0) is 17.8. The summed E-state index contributed by atoms with van der Waals surface area (Å²) in [6.45, 7) is 1.81. The molecule has 3 rings (SSSR count). The Morgan fingerprint density at radius 2 is 2.20 bits per heavy atom. The summed E-state index contributed by atoms with van der Waals surface area (Å²) in [5, 5.41) is 22.5. The largest absolute Gasteiger partial charge is 0.325 e. The Morgan fingerprint density at radius 3 is 2.92 bits per heavy atom. The Balaban J connectivity index is 1.69. The van der Waals surface area contributed by atoms with Gasteiger partial charge in [-0.1, -0.05) is 23.9 Å².